The van der Waals surface area contributed by atoms with E-state index in [1.165, 1.54) is 19.3 Å². The minimum Gasteiger partial charge on any atom is -0.399 e. The van der Waals surface area contributed by atoms with Crippen molar-refractivity contribution in [2.45, 2.75) is 45.4 Å². The van der Waals surface area contributed by atoms with Crippen LogP contribution in [0.3, 0.4) is 0 Å². The SMILES string of the molecule is CCC1CCC(/C=C/C#Cc2cc(F)c(OC(F)(F)F)c(F)c2)CC1. The van der Waals surface area contributed by atoms with Crippen LogP contribution in [-0.4, -0.2) is 6.36 Å². The molecule has 0 amide bonds. The van der Waals surface area contributed by atoms with Gasteiger partial charge in [-0.3, -0.25) is 0 Å². The standard InChI is InChI=1S/C19H19F5O/c1-2-13-7-9-14(10-8-13)5-3-4-6-15-11-16(20)18(17(21)12-15)25-19(22,23)24/h3,5,11-14H,2,7-10H2,1H3/b5-3+. The molecule has 0 spiro atoms. The Morgan fingerprint density at radius 3 is 2.24 bits per heavy atom. The fourth-order valence-electron chi connectivity index (χ4n) is 2.94. The van der Waals surface area contributed by atoms with E-state index < -0.39 is 23.7 Å². The highest BCUT2D eigenvalue weighted by Crippen LogP contribution is 2.31. The topological polar surface area (TPSA) is 9.23 Å². The van der Waals surface area contributed by atoms with Crippen molar-refractivity contribution >= 4 is 0 Å². The molecule has 1 saturated carbocycles. The molecule has 6 heteroatoms. The van der Waals surface area contributed by atoms with Gasteiger partial charge >= 0.3 is 6.36 Å². The van der Waals surface area contributed by atoms with Crippen molar-refractivity contribution in [2.75, 3.05) is 0 Å². The van der Waals surface area contributed by atoms with Gasteiger partial charge in [-0.2, -0.15) is 0 Å². The fourth-order valence-corrected chi connectivity index (χ4v) is 2.94. The molecule has 136 valence electrons. The van der Waals surface area contributed by atoms with E-state index in [1.807, 2.05) is 6.08 Å². The first kappa shape index (κ1) is 19.3. The molecule has 1 nitrogen and oxygen atoms in total. The van der Waals surface area contributed by atoms with Crippen LogP contribution in [0.15, 0.2) is 24.3 Å². The van der Waals surface area contributed by atoms with Crippen molar-refractivity contribution in [1.82, 2.24) is 0 Å². The molecule has 1 aliphatic carbocycles. The molecular formula is C19H19F5O. The normalized spacial score (nSPS) is 21.0. The van der Waals surface area contributed by atoms with Gasteiger partial charge in [0.15, 0.2) is 11.6 Å². The molecule has 0 radical (unpaired) electrons. The van der Waals surface area contributed by atoms with Crippen LogP contribution < -0.4 is 4.74 Å². The second-order valence-corrected chi connectivity index (χ2v) is 6.13. The number of rotatable bonds is 3. The fraction of sp³-hybridized carbons (Fsp3) is 0.474. The molecular weight excluding hydrogens is 339 g/mol. The zero-order chi connectivity index (χ0) is 18.4. The molecule has 0 N–H and O–H groups in total. The van der Waals surface area contributed by atoms with Crippen molar-refractivity contribution in [3.8, 4) is 17.6 Å². The lowest BCUT2D eigenvalue weighted by atomic mass is 9.81. The summed E-state index contributed by atoms with van der Waals surface area (Å²) in [4.78, 5) is 0. The van der Waals surface area contributed by atoms with Gasteiger partial charge < -0.3 is 4.74 Å². The van der Waals surface area contributed by atoms with Crippen molar-refractivity contribution in [3.63, 3.8) is 0 Å². The molecule has 1 fully saturated rings. The minimum absolute atomic E-state index is 0.0520. The van der Waals surface area contributed by atoms with Crippen molar-refractivity contribution in [3.05, 3.63) is 41.5 Å². The summed E-state index contributed by atoms with van der Waals surface area (Å²) in [6.45, 7) is 2.19. The molecule has 1 aromatic rings. The summed E-state index contributed by atoms with van der Waals surface area (Å²) < 4.78 is 66.7. The molecule has 1 aromatic carbocycles. The average Bonchev–Trinajstić information content (AvgIpc) is 2.55. The third-order valence-corrected chi connectivity index (χ3v) is 4.35. The van der Waals surface area contributed by atoms with Gasteiger partial charge in [0, 0.05) is 5.56 Å². The van der Waals surface area contributed by atoms with Crippen LogP contribution >= 0.6 is 0 Å². The Balaban J connectivity index is 2.00. The Labute approximate surface area is 143 Å². The predicted molar refractivity (Wildman–Crippen MR) is 84.8 cm³/mol. The van der Waals surface area contributed by atoms with Gasteiger partial charge in [-0.05, 0) is 55.7 Å². The molecule has 1 aliphatic rings. The highest BCUT2D eigenvalue weighted by molar-refractivity contribution is 5.42. The summed E-state index contributed by atoms with van der Waals surface area (Å²) in [5, 5.41) is 0. The predicted octanol–water partition coefficient (Wildman–Crippen LogP) is 5.99. The zero-order valence-corrected chi connectivity index (χ0v) is 13.8. The van der Waals surface area contributed by atoms with Crippen LogP contribution in [0.5, 0.6) is 5.75 Å². The van der Waals surface area contributed by atoms with Gasteiger partial charge in [-0.1, -0.05) is 31.3 Å². The molecule has 0 aromatic heterocycles. The third-order valence-electron chi connectivity index (χ3n) is 4.35. The molecule has 0 unspecified atom stereocenters. The van der Waals surface area contributed by atoms with Crippen molar-refractivity contribution in [1.29, 1.82) is 0 Å². The van der Waals surface area contributed by atoms with Crippen LogP contribution in [0.1, 0.15) is 44.6 Å². The van der Waals surface area contributed by atoms with Crippen LogP contribution in [0, 0.1) is 35.3 Å². The van der Waals surface area contributed by atoms with Crippen LogP contribution in [0.4, 0.5) is 22.0 Å². The maximum Gasteiger partial charge on any atom is 0.573 e. The Morgan fingerprint density at radius 1 is 1.12 bits per heavy atom. The largest absolute Gasteiger partial charge is 0.573 e. The van der Waals surface area contributed by atoms with Crippen LogP contribution in [0.25, 0.3) is 0 Å². The third kappa shape index (κ3) is 6.08. The summed E-state index contributed by atoms with van der Waals surface area (Å²) >= 11 is 0. The summed E-state index contributed by atoms with van der Waals surface area (Å²) in [6.07, 6.45) is 4.23. The van der Waals surface area contributed by atoms with E-state index in [9.17, 15) is 22.0 Å². The molecule has 0 bridgehead atoms. The first-order valence-electron chi connectivity index (χ1n) is 8.21. The van der Waals surface area contributed by atoms with Gasteiger partial charge in [0.1, 0.15) is 0 Å². The number of allylic oxidation sites excluding steroid dienone is 2. The second-order valence-electron chi connectivity index (χ2n) is 6.13. The Morgan fingerprint density at radius 2 is 1.72 bits per heavy atom. The maximum absolute atomic E-state index is 13.6. The van der Waals surface area contributed by atoms with E-state index in [-0.39, 0.29) is 5.56 Å². The number of benzene rings is 1. The van der Waals surface area contributed by atoms with Gasteiger partial charge in [0.25, 0.3) is 0 Å². The summed E-state index contributed by atoms with van der Waals surface area (Å²) in [5.74, 6) is 2.08. The van der Waals surface area contributed by atoms with Gasteiger partial charge in [0.05, 0.1) is 0 Å². The molecule has 25 heavy (non-hydrogen) atoms. The number of hydrogen-bond acceptors (Lipinski definition) is 1. The Kier molecular flexibility index (Phi) is 6.46. The lowest BCUT2D eigenvalue weighted by Gasteiger charge is -2.25. The Bertz CT molecular complexity index is 650. The van der Waals surface area contributed by atoms with E-state index in [2.05, 4.69) is 23.5 Å². The van der Waals surface area contributed by atoms with Crippen LogP contribution in [-0.2, 0) is 0 Å². The van der Waals surface area contributed by atoms with Gasteiger partial charge in [-0.25, -0.2) is 8.78 Å². The van der Waals surface area contributed by atoms with E-state index in [4.69, 9.17) is 0 Å². The van der Waals surface area contributed by atoms with Crippen molar-refractivity contribution < 1.29 is 26.7 Å². The summed E-state index contributed by atoms with van der Waals surface area (Å²) in [7, 11) is 0. The van der Waals surface area contributed by atoms with E-state index in [0.717, 1.165) is 30.9 Å². The average molecular weight is 358 g/mol. The van der Waals surface area contributed by atoms with E-state index >= 15 is 0 Å². The van der Waals surface area contributed by atoms with Gasteiger partial charge in [-0.15, -0.1) is 13.2 Å². The highest BCUT2D eigenvalue weighted by atomic mass is 19.4. The monoisotopic (exact) mass is 358 g/mol. The molecule has 2 rings (SSSR count). The number of hydrogen-bond donors (Lipinski definition) is 0. The van der Waals surface area contributed by atoms with Gasteiger partial charge in [0.2, 0.25) is 5.75 Å². The number of alkyl halides is 3. The summed E-state index contributed by atoms with van der Waals surface area (Å²) in [5.41, 5.74) is -0.0520. The lowest BCUT2D eigenvalue weighted by Crippen LogP contribution is -2.19. The maximum atomic E-state index is 13.6. The Hall–Kier alpha value is -2.03. The first-order chi connectivity index (χ1) is 11.8. The highest BCUT2D eigenvalue weighted by Gasteiger charge is 2.34. The number of ether oxygens (including phenoxy) is 1. The quantitative estimate of drug-likeness (QED) is 0.476. The zero-order valence-electron chi connectivity index (χ0n) is 13.8. The minimum atomic E-state index is -5.16. The van der Waals surface area contributed by atoms with E-state index in [1.54, 1.807) is 6.08 Å². The lowest BCUT2D eigenvalue weighted by molar-refractivity contribution is -0.276. The number of halogens is 5. The summed E-state index contributed by atoms with van der Waals surface area (Å²) in [6, 6.07) is 1.44. The smallest absolute Gasteiger partial charge is 0.399 e. The molecule has 0 aliphatic heterocycles. The molecule has 0 saturated heterocycles. The molecule has 0 atom stereocenters. The van der Waals surface area contributed by atoms with Crippen molar-refractivity contribution in [2.24, 2.45) is 11.8 Å². The second kappa shape index (κ2) is 8.37. The van der Waals surface area contributed by atoms with E-state index in [0.29, 0.717) is 5.92 Å². The van der Waals surface area contributed by atoms with Crippen LogP contribution in [0.2, 0.25) is 0 Å². The first-order valence-corrected chi connectivity index (χ1v) is 8.21. The molecule has 0 heterocycles.